The van der Waals surface area contributed by atoms with E-state index in [4.69, 9.17) is 9.68 Å². The molecule has 0 aliphatic carbocycles. The maximum atomic E-state index is 12.2. The lowest BCUT2D eigenvalue weighted by Crippen LogP contribution is -2.31. The van der Waals surface area contributed by atoms with Crippen LogP contribution in [0, 0.1) is 18.3 Å². The summed E-state index contributed by atoms with van der Waals surface area (Å²) in [6, 6.07) is 16.6. The van der Waals surface area contributed by atoms with Crippen LogP contribution in [0.5, 0.6) is 0 Å². The molecule has 5 nitrogen and oxygen atoms in total. The highest BCUT2D eigenvalue weighted by Gasteiger charge is 2.18. The highest BCUT2D eigenvalue weighted by atomic mass is 16.3. The van der Waals surface area contributed by atoms with Crippen LogP contribution in [0.25, 0.3) is 11.0 Å². The highest BCUT2D eigenvalue weighted by molar-refractivity contribution is 5.89. The zero-order chi connectivity index (χ0) is 17.8. The van der Waals surface area contributed by atoms with Gasteiger partial charge in [0.15, 0.2) is 0 Å². The van der Waals surface area contributed by atoms with E-state index in [1.807, 2.05) is 50.2 Å². The Bertz CT molecular complexity index is 936. The monoisotopic (exact) mass is 333 g/mol. The van der Waals surface area contributed by atoms with Gasteiger partial charge in [-0.1, -0.05) is 30.3 Å². The van der Waals surface area contributed by atoms with Crippen molar-refractivity contribution in [1.29, 1.82) is 5.26 Å². The number of rotatable bonds is 4. The smallest absolute Gasteiger partial charge is 0.319 e. The minimum atomic E-state index is -0.305. The minimum Gasteiger partial charge on any atom is -0.459 e. The number of nitrogens with zero attached hydrogens (tertiary/aromatic N) is 1. The molecule has 1 aromatic heterocycles. The predicted octanol–water partition coefficient (Wildman–Crippen LogP) is 4.69. The van der Waals surface area contributed by atoms with Gasteiger partial charge in [-0.3, -0.25) is 0 Å². The van der Waals surface area contributed by atoms with Gasteiger partial charge in [0.1, 0.15) is 11.3 Å². The average molecular weight is 333 g/mol. The first-order valence-electron chi connectivity index (χ1n) is 8.10. The van der Waals surface area contributed by atoms with Crippen molar-refractivity contribution in [2.45, 2.75) is 26.3 Å². The summed E-state index contributed by atoms with van der Waals surface area (Å²) in [5.74, 6) is 0.751. The number of carbonyl (C=O) groups is 1. The van der Waals surface area contributed by atoms with Crippen LogP contribution in [-0.4, -0.2) is 6.03 Å². The van der Waals surface area contributed by atoms with Gasteiger partial charge in [-0.05, 0) is 37.6 Å². The Balaban J connectivity index is 1.67. The van der Waals surface area contributed by atoms with Gasteiger partial charge in [-0.2, -0.15) is 5.26 Å². The maximum Gasteiger partial charge on any atom is 0.319 e. The van der Waals surface area contributed by atoms with Gasteiger partial charge in [0.2, 0.25) is 0 Å². The van der Waals surface area contributed by atoms with Crippen molar-refractivity contribution in [2.75, 3.05) is 5.32 Å². The van der Waals surface area contributed by atoms with Crippen LogP contribution >= 0.6 is 0 Å². The minimum absolute atomic E-state index is 0.259. The summed E-state index contributed by atoms with van der Waals surface area (Å²) < 4.78 is 5.88. The van der Waals surface area contributed by atoms with Crippen molar-refractivity contribution in [3.63, 3.8) is 0 Å². The van der Waals surface area contributed by atoms with Crippen molar-refractivity contribution in [1.82, 2.24) is 5.32 Å². The number of carbonyl (C=O) groups excluding carboxylic acids is 1. The van der Waals surface area contributed by atoms with E-state index in [1.165, 1.54) is 0 Å². The largest absolute Gasteiger partial charge is 0.459 e. The number of hydrogen-bond acceptors (Lipinski definition) is 3. The molecule has 2 amide bonds. The first kappa shape index (κ1) is 16.6. The summed E-state index contributed by atoms with van der Waals surface area (Å²) in [6.07, 6.45) is 0.356. The molecule has 0 radical (unpaired) electrons. The van der Waals surface area contributed by atoms with Gasteiger partial charge in [0, 0.05) is 16.6 Å². The topological polar surface area (TPSA) is 78.1 Å². The fourth-order valence-corrected chi connectivity index (χ4v) is 2.83. The number of urea groups is 1. The van der Waals surface area contributed by atoms with Crippen molar-refractivity contribution in [3.8, 4) is 6.07 Å². The van der Waals surface area contributed by atoms with E-state index >= 15 is 0 Å². The van der Waals surface area contributed by atoms with E-state index < -0.39 is 0 Å². The van der Waals surface area contributed by atoms with Crippen molar-refractivity contribution < 1.29 is 9.21 Å². The Hall–Kier alpha value is -3.26. The molecule has 5 heteroatoms. The predicted molar refractivity (Wildman–Crippen MR) is 97.3 cm³/mol. The Kier molecular flexibility index (Phi) is 4.71. The van der Waals surface area contributed by atoms with E-state index in [2.05, 4.69) is 16.7 Å². The standard InChI is InChI=1S/C20H19N3O2/c1-13-17-5-3-4-6-18(17)25-19(13)14(2)22-20(24)23-16-9-7-15(8-10-16)11-12-21/h3-10,14H,11H2,1-2H3,(H2,22,23,24). The lowest BCUT2D eigenvalue weighted by atomic mass is 10.1. The van der Waals surface area contributed by atoms with Crippen LogP contribution in [0.15, 0.2) is 52.9 Å². The van der Waals surface area contributed by atoms with Gasteiger partial charge < -0.3 is 15.1 Å². The molecule has 0 fully saturated rings. The number of furan rings is 1. The number of hydrogen-bond donors (Lipinski definition) is 2. The summed E-state index contributed by atoms with van der Waals surface area (Å²) in [7, 11) is 0. The number of anilines is 1. The van der Waals surface area contributed by atoms with Crippen LogP contribution in [-0.2, 0) is 6.42 Å². The molecule has 1 heterocycles. The molecule has 0 aliphatic heterocycles. The van der Waals surface area contributed by atoms with E-state index in [0.717, 1.165) is 27.9 Å². The molecular formula is C20H19N3O2. The van der Waals surface area contributed by atoms with E-state index in [9.17, 15) is 4.79 Å². The number of amides is 2. The van der Waals surface area contributed by atoms with E-state index in [-0.39, 0.29) is 12.1 Å². The van der Waals surface area contributed by atoms with Gasteiger partial charge in [-0.15, -0.1) is 0 Å². The van der Waals surface area contributed by atoms with Crippen LogP contribution in [0.4, 0.5) is 10.5 Å². The third-order valence-corrected chi connectivity index (χ3v) is 4.12. The van der Waals surface area contributed by atoms with Gasteiger partial charge in [0.05, 0.1) is 18.5 Å². The first-order chi connectivity index (χ1) is 12.1. The zero-order valence-corrected chi connectivity index (χ0v) is 14.2. The molecule has 0 spiro atoms. The van der Waals surface area contributed by atoms with Crippen LogP contribution in [0.2, 0.25) is 0 Å². The number of fused-ring (bicyclic) bond motifs is 1. The van der Waals surface area contributed by atoms with Crippen molar-refractivity contribution in [2.24, 2.45) is 0 Å². The molecule has 3 rings (SSSR count). The van der Waals surface area contributed by atoms with Crippen LogP contribution in [0.1, 0.15) is 29.9 Å². The normalized spacial score (nSPS) is 11.7. The van der Waals surface area contributed by atoms with Gasteiger partial charge in [-0.25, -0.2) is 4.79 Å². The average Bonchev–Trinajstić information content (AvgIpc) is 2.94. The quantitative estimate of drug-likeness (QED) is 0.727. The van der Waals surface area contributed by atoms with Crippen molar-refractivity contribution >= 4 is 22.7 Å². The second-order valence-corrected chi connectivity index (χ2v) is 5.94. The zero-order valence-electron chi connectivity index (χ0n) is 14.2. The third-order valence-electron chi connectivity index (χ3n) is 4.12. The SMILES string of the molecule is Cc1c(C(C)NC(=O)Nc2ccc(CC#N)cc2)oc2ccccc12. The molecule has 0 saturated carbocycles. The molecule has 0 saturated heterocycles. The number of para-hydroxylation sites is 1. The van der Waals surface area contributed by atoms with Gasteiger partial charge >= 0.3 is 6.03 Å². The lowest BCUT2D eigenvalue weighted by Gasteiger charge is -2.13. The second-order valence-electron chi connectivity index (χ2n) is 5.94. The molecule has 0 bridgehead atoms. The van der Waals surface area contributed by atoms with E-state index in [1.54, 1.807) is 12.1 Å². The fraction of sp³-hybridized carbons (Fsp3) is 0.200. The number of aryl methyl sites for hydroxylation is 1. The Labute approximate surface area is 146 Å². The summed E-state index contributed by atoms with van der Waals surface area (Å²) in [4.78, 5) is 12.2. The van der Waals surface area contributed by atoms with Crippen LogP contribution in [0.3, 0.4) is 0 Å². The summed E-state index contributed by atoms with van der Waals surface area (Å²) in [5.41, 5.74) is 3.44. The van der Waals surface area contributed by atoms with E-state index in [0.29, 0.717) is 12.1 Å². The molecule has 0 aliphatic rings. The summed E-state index contributed by atoms with van der Waals surface area (Å²) in [5, 5.41) is 15.4. The second kappa shape index (κ2) is 7.10. The molecular weight excluding hydrogens is 314 g/mol. The molecule has 126 valence electrons. The molecule has 1 unspecified atom stereocenters. The lowest BCUT2D eigenvalue weighted by molar-refractivity contribution is 0.248. The summed E-state index contributed by atoms with van der Waals surface area (Å²) in [6.45, 7) is 3.88. The van der Waals surface area contributed by atoms with Gasteiger partial charge in [0.25, 0.3) is 0 Å². The number of nitrogens with one attached hydrogen (secondary N) is 2. The fourth-order valence-electron chi connectivity index (χ4n) is 2.83. The highest BCUT2D eigenvalue weighted by Crippen LogP contribution is 2.29. The first-order valence-corrected chi connectivity index (χ1v) is 8.10. The Morgan fingerprint density at radius 3 is 2.60 bits per heavy atom. The third kappa shape index (κ3) is 3.64. The number of benzene rings is 2. The molecule has 3 aromatic rings. The molecule has 1 atom stereocenters. The Morgan fingerprint density at radius 2 is 1.92 bits per heavy atom. The Morgan fingerprint density at radius 1 is 1.20 bits per heavy atom. The summed E-state index contributed by atoms with van der Waals surface area (Å²) >= 11 is 0. The number of nitriles is 1. The van der Waals surface area contributed by atoms with Crippen LogP contribution < -0.4 is 10.6 Å². The molecule has 2 aromatic carbocycles. The van der Waals surface area contributed by atoms with Crippen molar-refractivity contribution in [3.05, 3.63) is 65.4 Å². The molecule has 25 heavy (non-hydrogen) atoms. The maximum absolute atomic E-state index is 12.2. The molecule has 2 N–H and O–H groups in total.